The van der Waals surface area contributed by atoms with Crippen molar-refractivity contribution in [1.82, 2.24) is 15.1 Å². The molecule has 3 amide bonds. The number of carbonyl (C=O) groups is 3. The smallest absolute Gasteiger partial charge is 0.251 e. The third kappa shape index (κ3) is 3.24. The van der Waals surface area contributed by atoms with Gasteiger partial charge < -0.3 is 24.6 Å². The molecule has 8 nitrogen and oxygen atoms in total. The number of piperazine rings is 1. The van der Waals surface area contributed by atoms with Gasteiger partial charge in [-0.15, -0.1) is 0 Å². The minimum atomic E-state index is -0.366. The summed E-state index contributed by atoms with van der Waals surface area (Å²) >= 11 is 0. The number of nitrogens with zero attached hydrogens (tertiary/aromatic N) is 2. The van der Waals surface area contributed by atoms with Crippen LogP contribution in [-0.4, -0.2) is 66.5 Å². The topological polar surface area (TPSA) is 88.2 Å². The molecule has 0 bridgehead atoms. The maximum absolute atomic E-state index is 12.3. The van der Waals surface area contributed by atoms with Gasteiger partial charge in [0.15, 0.2) is 11.5 Å². The zero-order valence-electron chi connectivity index (χ0n) is 13.7. The van der Waals surface area contributed by atoms with Crippen LogP contribution in [0, 0.1) is 0 Å². The Bertz CT molecular complexity index is 731. The molecule has 0 unspecified atom stereocenters. The molecular weight excluding hydrogens is 326 g/mol. The monoisotopic (exact) mass is 345 g/mol. The SMILES string of the molecule is O=C(NCC(=O)N1CCN(C2CC2)C(=O)C1)c1ccc2c(c1)OCO2. The highest BCUT2D eigenvalue weighted by Gasteiger charge is 2.36. The number of ether oxygens (including phenoxy) is 2. The van der Waals surface area contributed by atoms with Crippen LogP contribution in [0.4, 0.5) is 0 Å². The molecule has 0 spiro atoms. The van der Waals surface area contributed by atoms with Crippen LogP contribution in [0.1, 0.15) is 23.2 Å². The van der Waals surface area contributed by atoms with E-state index >= 15 is 0 Å². The Morgan fingerprint density at radius 1 is 1.16 bits per heavy atom. The van der Waals surface area contributed by atoms with E-state index in [1.165, 1.54) is 4.90 Å². The van der Waals surface area contributed by atoms with E-state index in [0.29, 0.717) is 36.2 Å². The lowest BCUT2D eigenvalue weighted by atomic mass is 10.2. The molecule has 1 saturated carbocycles. The van der Waals surface area contributed by atoms with Crippen LogP contribution in [0.3, 0.4) is 0 Å². The number of rotatable bonds is 4. The standard InChI is InChI=1S/C17H19N3O5/c21-15(19-5-6-20(12-2-3-12)16(22)9-19)8-18-17(23)11-1-4-13-14(7-11)25-10-24-13/h1,4,7,12H,2-3,5-6,8-10H2,(H,18,23). The molecule has 1 saturated heterocycles. The van der Waals surface area contributed by atoms with Crippen molar-refractivity contribution < 1.29 is 23.9 Å². The third-order valence-corrected chi connectivity index (χ3v) is 4.63. The van der Waals surface area contributed by atoms with Gasteiger partial charge in [0.25, 0.3) is 5.91 Å². The zero-order valence-corrected chi connectivity index (χ0v) is 13.7. The summed E-state index contributed by atoms with van der Waals surface area (Å²) in [6.07, 6.45) is 2.12. The molecule has 2 heterocycles. The molecule has 0 aromatic heterocycles. The Morgan fingerprint density at radius 2 is 1.96 bits per heavy atom. The molecule has 1 aromatic carbocycles. The summed E-state index contributed by atoms with van der Waals surface area (Å²) < 4.78 is 10.4. The minimum Gasteiger partial charge on any atom is -0.454 e. The molecule has 1 N–H and O–H groups in total. The molecule has 2 aliphatic heterocycles. The van der Waals surface area contributed by atoms with Crippen LogP contribution in [-0.2, 0) is 9.59 Å². The summed E-state index contributed by atoms with van der Waals surface area (Å²) in [5, 5.41) is 2.60. The first-order valence-electron chi connectivity index (χ1n) is 8.37. The zero-order chi connectivity index (χ0) is 17.4. The van der Waals surface area contributed by atoms with Crippen molar-refractivity contribution in [2.45, 2.75) is 18.9 Å². The van der Waals surface area contributed by atoms with Gasteiger partial charge in [0, 0.05) is 24.7 Å². The molecule has 0 atom stereocenters. The molecule has 132 valence electrons. The van der Waals surface area contributed by atoms with Gasteiger partial charge in [-0.25, -0.2) is 0 Å². The first-order chi connectivity index (χ1) is 12.1. The highest BCUT2D eigenvalue weighted by atomic mass is 16.7. The van der Waals surface area contributed by atoms with Gasteiger partial charge >= 0.3 is 0 Å². The van der Waals surface area contributed by atoms with Crippen molar-refractivity contribution in [2.75, 3.05) is 33.0 Å². The van der Waals surface area contributed by atoms with Crippen molar-refractivity contribution in [1.29, 1.82) is 0 Å². The van der Waals surface area contributed by atoms with Gasteiger partial charge in [-0.2, -0.15) is 0 Å². The van der Waals surface area contributed by atoms with Crippen LogP contribution in [0.2, 0.25) is 0 Å². The lowest BCUT2D eigenvalue weighted by molar-refractivity contribution is -0.145. The highest BCUT2D eigenvalue weighted by molar-refractivity contribution is 5.97. The van der Waals surface area contributed by atoms with Crippen molar-refractivity contribution in [2.24, 2.45) is 0 Å². The third-order valence-electron chi connectivity index (χ3n) is 4.63. The fourth-order valence-electron chi connectivity index (χ4n) is 3.08. The van der Waals surface area contributed by atoms with Crippen LogP contribution in [0.25, 0.3) is 0 Å². The van der Waals surface area contributed by atoms with E-state index in [4.69, 9.17) is 9.47 Å². The van der Waals surface area contributed by atoms with Crippen molar-refractivity contribution in [3.05, 3.63) is 23.8 Å². The number of amides is 3. The Labute approximate surface area is 144 Å². The average Bonchev–Trinajstić information content (AvgIpc) is 3.35. The summed E-state index contributed by atoms with van der Waals surface area (Å²) in [6, 6.07) is 5.23. The maximum atomic E-state index is 12.3. The highest BCUT2D eigenvalue weighted by Crippen LogP contribution is 2.32. The minimum absolute atomic E-state index is 0.0100. The molecule has 2 fully saturated rings. The molecule has 3 aliphatic rings. The van der Waals surface area contributed by atoms with E-state index in [1.54, 1.807) is 18.2 Å². The van der Waals surface area contributed by atoms with E-state index in [0.717, 1.165) is 12.8 Å². The van der Waals surface area contributed by atoms with Gasteiger partial charge in [0.1, 0.15) is 0 Å². The summed E-state index contributed by atoms with van der Waals surface area (Å²) in [4.78, 5) is 39.9. The summed E-state index contributed by atoms with van der Waals surface area (Å²) in [5.74, 6) is 0.483. The van der Waals surface area contributed by atoms with Crippen molar-refractivity contribution in [3.63, 3.8) is 0 Å². The number of nitrogens with one attached hydrogen (secondary N) is 1. The summed E-state index contributed by atoms with van der Waals surface area (Å²) in [6.45, 7) is 1.19. The van der Waals surface area contributed by atoms with E-state index in [1.807, 2.05) is 4.90 Å². The lowest BCUT2D eigenvalue weighted by Crippen LogP contribution is -2.54. The Kier molecular flexibility index (Phi) is 3.95. The quantitative estimate of drug-likeness (QED) is 0.828. The largest absolute Gasteiger partial charge is 0.454 e. The van der Waals surface area contributed by atoms with Gasteiger partial charge in [0.2, 0.25) is 18.6 Å². The van der Waals surface area contributed by atoms with Crippen LogP contribution >= 0.6 is 0 Å². The molecule has 25 heavy (non-hydrogen) atoms. The number of benzene rings is 1. The molecule has 8 heteroatoms. The predicted octanol–water partition coefficient (Wildman–Crippen LogP) is -0.0217. The van der Waals surface area contributed by atoms with Crippen LogP contribution < -0.4 is 14.8 Å². The first-order valence-corrected chi connectivity index (χ1v) is 8.37. The van der Waals surface area contributed by atoms with Gasteiger partial charge in [-0.1, -0.05) is 0 Å². The van der Waals surface area contributed by atoms with E-state index in [-0.39, 0.29) is 37.6 Å². The Morgan fingerprint density at radius 3 is 2.72 bits per heavy atom. The van der Waals surface area contributed by atoms with E-state index < -0.39 is 0 Å². The van der Waals surface area contributed by atoms with Crippen LogP contribution in [0.5, 0.6) is 11.5 Å². The second-order valence-electron chi connectivity index (χ2n) is 6.38. The Hall–Kier alpha value is -2.77. The molecular formula is C17H19N3O5. The first kappa shape index (κ1) is 15.7. The number of carbonyl (C=O) groups excluding carboxylic acids is 3. The van der Waals surface area contributed by atoms with Gasteiger partial charge in [-0.05, 0) is 31.0 Å². The average molecular weight is 345 g/mol. The maximum Gasteiger partial charge on any atom is 0.251 e. The fourth-order valence-corrected chi connectivity index (χ4v) is 3.08. The summed E-state index contributed by atoms with van der Waals surface area (Å²) in [7, 11) is 0. The molecule has 4 rings (SSSR count). The van der Waals surface area contributed by atoms with E-state index in [9.17, 15) is 14.4 Å². The predicted molar refractivity (Wildman–Crippen MR) is 86.2 cm³/mol. The second kappa shape index (κ2) is 6.27. The number of hydrogen-bond donors (Lipinski definition) is 1. The second-order valence-corrected chi connectivity index (χ2v) is 6.38. The van der Waals surface area contributed by atoms with Crippen LogP contribution in [0.15, 0.2) is 18.2 Å². The fraction of sp³-hybridized carbons (Fsp3) is 0.471. The Balaban J connectivity index is 1.29. The van der Waals surface area contributed by atoms with Crippen molar-refractivity contribution in [3.8, 4) is 11.5 Å². The lowest BCUT2D eigenvalue weighted by Gasteiger charge is -2.34. The van der Waals surface area contributed by atoms with Gasteiger partial charge in [-0.3, -0.25) is 14.4 Å². The molecule has 1 aliphatic carbocycles. The molecule has 0 radical (unpaired) electrons. The van der Waals surface area contributed by atoms with E-state index in [2.05, 4.69) is 5.32 Å². The summed E-state index contributed by atoms with van der Waals surface area (Å²) in [5.41, 5.74) is 0.395. The number of hydrogen-bond acceptors (Lipinski definition) is 5. The van der Waals surface area contributed by atoms with Crippen molar-refractivity contribution >= 4 is 17.7 Å². The molecule has 1 aromatic rings. The number of fused-ring (bicyclic) bond motifs is 1. The van der Waals surface area contributed by atoms with Gasteiger partial charge in [0.05, 0.1) is 13.1 Å². The normalized spacial score (nSPS) is 19.1.